The highest BCUT2D eigenvalue weighted by Crippen LogP contribution is 2.30. The Morgan fingerprint density at radius 1 is 1.38 bits per heavy atom. The number of nitrogens with zero attached hydrogens (tertiary/aromatic N) is 1. The van der Waals surface area contributed by atoms with Crippen LogP contribution in [-0.2, 0) is 0 Å². The summed E-state index contributed by atoms with van der Waals surface area (Å²) in [5.74, 6) is -0.748. The minimum Gasteiger partial charge on any atom is -0.456 e. The van der Waals surface area contributed by atoms with E-state index in [0.717, 1.165) is 0 Å². The molecule has 3 N–H and O–H groups in total. The van der Waals surface area contributed by atoms with E-state index in [1.54, 1.807) is 6.92 Å². The Hall–Kier alpha value is -2.96. The third-order valence-electron chi connectivity index (χ3n) is 2.84. The molecule has 0 heterocycles. The van der Waals surface area contributed by atoms with Crippen molar-refractivity contribution in [2.24, 2.45) is 5.73 Å². The fraction of sp³-hybridized carbons (Fsp3) is 0.0714. The van der Waals surface area contributed by atoms with Crippen LogP contribution in [0.1, 0.15) is 11.1 Å². The van der Waals surface area contributed by atoms with Gasteiger partial charge in [0, 0.05) is 11.6 Å². The van der Waals surface area contributed by atoms with Crippen LogP contribution in [0.4, 0.5) is 10.1 Å². The Morgan fingerprint density at radius 2 is 2.10 bits per heavy atom. The molecule has 0 atom stereocenters. The van der Waals surface area contributed by atoms with E-state index in [1.807, 2.05) is 0 Å². The summed E-state index contributed by atoms with van der Waals surface area (Å²) < 4.78 is 19.1. The van der Waals surface area contributed by atoms with Crippen LogP contribution < -0.4 is 10.5 Å². The summed E-state index contributed by atoms with van der Waals surface area (Å²) in [5, 5.41) is 18.1. The molecule has 0 aromatic heterocycles. The quantitative estimate of drug-likeness (QED) is 0.390. The van der Waals surface area contributed by atoms with E-state index in [-0.39, 0.29) is 17.0 Å². The van der Waals surface area contributed by atoms with Crippen molar-refractivity contribution >= 4 is 11.5 Å². The smallest absolute Gasteiger partial charge is 0.272 e. The topological polar surface area (TPSA) is 102 Å². The lowest BCUT2D eigenvalue weighted by molar-refractivity contribution is -0.385. The van der Waals surface area contributed by atoms with Gasteiger partial charge in [-0.05, 0) is 31.2 Å². The van der Waals surface area contributed by atoms with Gasteiger partial charge in [0.05, 0.1) is 10.5 Å². The molecule has 0 aliphatic heterocycles. The molecule has 0 amide bonds. The van der Waals surface area contributed by atoms with Crippen LogP contribution in [0.25, 0.3) is 0 Å². The molecule has 0 unspecified atom stereocenters. The van der Waals surface area contributed by atoms with E-state index in [1.165, 1.54) is 36.4 Å². The fourth-order valence-corrected chi connectivity index (χ4v) is 1.87. The Labute approximate surface area is 119 Å². The minimum absolute atomic E-state index is 0.0339. The molecule has 0 fully saturated rings. The van der Waals surface area contributed by atoms with Gasteiger partial charge in [-0.15, -0.1) is 0 Å². The molecule has 0 saturated heterocycles. The van der Waals surface area contributed by atoms with Gasteiger partial charge in [0.1, 0.15) is 23.2 Å². The van der Waals surface area contributed by atoms with Crippen molar-refractivity contribution in [3.8, 4) is 11.5 Å². The van der Waals surface area contributed by atoms with Gasteiger partial charge in [-0.2, -0.15) is 0 Å². The van der Waals surface area contributed by atoms with Crippen LogP contribution in [-0.4, -0.2) is 10.8 Å². The number of nitrogen functional groups attached to an aromatic ring is 1. The molecular formula is C14H12FN3O3. The second-order valence-corrected chi connectivity index (χ2v) is 4.33. The first-order valence-corrected chi connectivity index (χ1v) is 5.96. The maximum atomic E-state index is 13.7. The molecule has 0 saturated carbocycles. The van der Waals surface area contributed by atoms with Gasteiger partial charge in [-0.25, -0.2) is 4.39 Å². The Morgan fingerprint density at radius 3 is 2.67 bits per heavy atom. The normalized spacial score (nSPS) is 10.2. The van der Waals surface area contributed by atoms with Crippen LogP contribution in [0.5, 0.6) is 11.5 Å². The number of halogens is 1. The van der Waals surface area contributed by atoms with Crippen LogP contribution in [0.3, 0.4) is 0 Å². The van der Waals surface area contributed by atoms with Gasteiger partial charge >= 0.3 is 0 Å². The van der Waals surface area contributed by atoms with Gasteiger partial charge in [-0.3, -0.25) is 15.5 Å². The highest BCUT2D eigenvalue weighted by atomic mass is 19.1. The van der Waals surface area contributed by atoms with Crippen molar-refractivity contribution in [3.05, 3.63) is 63.5 Å². The molecule has 7 heteroatoms. The van der Waals surface area contributed by atoms with Crippen molar-refractivity contribution in [2.75, 3.05) is 0 Å². The van der Waals surface area contributed by atoms with E-state index in [2.05, 4.69) is 0 Å². The number of nitro benzene ring substituents is 1. The number of hydrogen-bond acceptors (Lipinski definition) is 4. The molecular weight excluding hydrogens is 277 g/mol. The summed E-state index contributed by atoms with van der Waals surface area (Å²) in [4.78, 5) is 10.3. The molecule has 0 spiro atoms. The van der Waals surface area contributed by atoms with E-state index in [0.29, 0.717) is 11.3 Å². The van der Waals surface area contributed by atoms with Crippen LogP contribution in [0.15, 0.2) is 36.4 Å². The predicted octanol–water partition coefficient (Wildman–Crippen LogP) is 3.12. The number of nitrogens with one attached hydrogen (secondary N) is 1. The number of rotatable bonds is 4. The summed E-state index contributed by atoms with van der Waals surface area (Å²) in [6.07, 6.45) is 0. The Kier molecular flexibility index (Phi) is 3.84. The number of ether oxygens (including phenoxy) is 1. The van der Waals surface area contributed by atoms with E-state index in [4.69, 9.17) is 15.9 Å². The maximum absolute atomic E-state index is 13.7. The van der Waals surface area contributed by atoms with Crippen LogP contribution in [0.2, 0.25) is 0 Å². The average molecular weight is 289 g/mol. The van der Waals surface area contributed by atoms with E-state index < -0.39 is 16.6 Å². The number of nitrogens with two attached hydrogens (primary N) is 1. The van der Waals surface area contributed by atoms with Gasteiger partial charge in [0.25, 0.3) is 5.69 Å². The Balaban J connectivity index is 2.39. The number of aryl methyl sites for hydroxylation is 1. The largest absolute Gasteiger partial charge is 0.456 e. The zero-order valence-electron chi connectivity index (χ0n) is 11.1. The number of hydrogen-bond donors (Lipinski definition) is 2. The third-order valence-corrected chi connectivity index (χ3v) is 2.84. The Bertz CT molecular complexity index is 731. The van der Waals surface area contributed by atoms with Gasteiger partial charge in [-0.1, -0.05) is 6.07 Å². The van der Waals surface area contributed by atoms with Crippen molar-refractivity contribution in [1.82, 2.24) is 0 Å². The first-order valence-electron chi connectivity index (χ1n) is 5.96. The maximum Gasteiger partial charge on any atom is 0.272 e. The summed E-state index contributed by atoms with van der Waals surface area (Å²) in [5.41, 5.74) is 5.57. The molecule has 6 nitrogen and oxygen atoms in total. The molecule has 2 aromatic carbocycles. The monoisotopic (exact) mass is 289 g/mol. The number of nitro groups is 1. The third kappa shape index (κ3) is 2.97. The minimum atomic E-state index is -0.668. The lowest BCUT2D eigenvalue weighted by Crippen LogP contribution is -2.14. The highest BCUT2D eigenvalue weighted by Gasteiger charge is 2.15. The molecule has 0 radical (unpaired) electrons. The lowest BCUT2D eigenvalue weighted by atomic mass is 10.1. The summed E-state index contributed by atoms with van der Waals surface area (Å²) in [6.45, 7) is 1.57. The first kappa shape index (κ1) is 14.4. The molecule has 0 aliphatic rings. The lowest BCUT2D eigenvalue weighted by Gasteiger charge is -2.11. The zero-order valence-corrected chi connectivity index (χ0v) is 11.1. The van der Waals surface area contributed by atoms with Crippen molar-refractivity contribution < 1.29 is 14.1 Å². The number of benzene rings is 2. The molecule has 0 aliphatic carbocycles. The van der Waals surface area contributed by atoms with E-state index in [9.17, 15) is 14.5 Å². The van der Waals surface area contributed by atoms with Crippen molar-refractivity contribution in [1.29, 1.82) is 5.41 Å². The molecule has 21 heavy (non-hydrogen) atoms. The second-order valence-electron chi connectivity index (χ2n) is 4.33. The number of amidine groups is 1. The summed E-state index contributed by atoms with van der Waals surface area (Å²) in [7, 11) is 0. The molecule has 108 valence electrons. The van der Waals surface area contributed by atoms with Crippen molar-refractivity contribution in [2.45, 2.75) is 6.92 Å². The van der Waals surface area contributed by atoms with Gasteiger partial charge < -0.3 is 10.5 Å². The highest BCUT2D eigenvalue weighted by molar-refractivity contribution is 5.98. The fourth-order valence-electron chi connectivity index (χ4n) is 1.87. The first-order chi connectivity index (χ1) is 9.90. The van der Waals surface area contributed by atoms with Crippen LogP contribution in [0, 0.1) is 28.3 Å². The zero-order chi connectivity index (χ0) is 15.6. The van der Waals surface area contributed by atoms with Crippen LogP contribution >= 0.6 is 0 Å². The van der Waals surface area contributed by atoms with Gasteiger partial charge in [0.2, 0.25) is 0 Å². The molecule has 0 bridgehead atoms. The van der Waals surface area contributed by atoms with E-state index >= 15 is 0 Å². The summed E-state index contributed by atoms with van der Waals surface area (Å²) in [6, 6.07) is 8.24. The van der Waals surface area contributed by atoms with Crippen molar-refractivity contribution in [3.63, 3.8) is 0 Å². The SMILES string of the molecule is Cc1cc(Oc2cccc(F)c2C(=N)N)ccc1[N+](=O)[O-]. The standard InChI is InChI=1S/C14H12FN3O3/c1-8-7-9(5-6-11(8)18(19)20)21-12-4-2-3-10(15)13(12)14(16)17/h2-7H,1H3,(H3,16,17). The predicted molar refractivity (Wildman–Crippen MR) is 75.3 cm³/mol. The molecule has 2 aromatic rings. The van der Waals surface area contributed by atoms with Gasteiger partial charge in [0.15, 0.2) is 0 Å². The molecule has 2 rings (SSSR count). The summed E-state index contributed by atoms with van der Waals surface area (Å²) >= 11 is 0. The average Bonchev–Trinajstić information content (AvgIpc) is 2.37. The second kappa shape index (κ2) is 5.58.